The molecule has 37 heavy (non-hydrogen) atoms. The van der Waals surface area contributed by atoms with Gasteiger partial charge in [-0.15, -0.1) is 11.8 Å². The summed E-state index contributed by atoms with van der Waals surface area (Å²) in [5.41, 5.74) is 0.930. The fourth-order valence-corrected chi connectivity index (χ4v) is 10.8. The highest BCUT2D eigenvalue weighted by Gasteiger charge is 2.70. The van der Waals surface area contributed by atoms with Crippen molar-refractivity contribution in [2.24, 2.45) is 29.6 Å². The van der Waals surface area contributed by atoms with E-state index in [0.717, 1.165) is 41.1 Å². The van der Waals surface area contributed by atoms with Crippen LogP contribution in [0.25, 0.3) is 0 Å². The molecule has 2 saturated heterocycles. The number of halogens is 1. The van der Waals surface area contributed by atoms with Gasteiger partial charge in [-0.1, -0.05) is 23.5 Å². The van der Waals surface area contributed by atoms with Gasteiger partial charge < -0.3 is 9.88 Å². The molecule has 3 amide bonds. The molecule has 0 radical (unpaired) electrons. The highest BCUT2D eigenvalue weighted by atomic mass is 32.2. The highest BCUT2D eigenvalue weighted by molar-refractivity contribution is 8.00. The number of H-pyrrole nitrogens is 1. The van der Waals surface area contributed by atoms with Gasteiger partial charge in [-0.05, 0) is 68.1 Å². The van der Waals surface area contributed by atoms with Crippen molar-refractivity contribution in [3.63, 3.8) is 0 Å². The van der Waals surface area contributed by atoms with Crippen LogP contribution in [0, 0.1) is 35.4 Å². The van der Waals surface area contributed by atoms with Crippen LogP contribution >= 0.6 is 23.1 Å². The summed E-state index contributed by atoms with van der Waals surface area (Å²) in [6, 6.07) is 5.65. The third-order valence-corrected chi connectivity index (χ3v) is 12.0. The maximum Gasteiger partial charge on any atom is 0.305 e. The third kappa shape index (κ3) is 3.37. The number of thioether (sulfide) groups is 1. The molecule has 5 aliphatic rings. The molecular weight excluding hydrogens is 513 g/mol. The van der Waals surface area contributed by atoms with Crippen LogP contribution in [-0.4, -0.2) is 56.9 Å². The largest absolute Gasteiger partial charge is 0.341 e. The van der Waals surface area contributed by atoms with Gasteiger partial charge in [0, 0.05) is 29.1 Å². The Labute approximate surface area is 221 Å². The van der Waals surface area contributed by atoms with E-state index < -0.39 is 17.9 Å². The van der Waals surface area contributed by atoms with Gasteiger partial charge in [-0.25, -0.2) is 4.39 Å². The molecule has 4 fully saturated rings. The minimum atomic E-state index is -0.788. The lowest BCUT2D eigenvalue weighted by Gasteiger charge is -2.43. The molecule has 10 heteroatoms. The Bertz CT molecular complexity index is 1350. The second kappa shape index (κ2) is 8.53. The fourth-order valence-electron chi connectivity index (χ4n) is 7.95. The van der Waals surface area contributed by atoms with Gasteiger partial charge in [0.2, 0.25) is 17.7 Å². The zero-order valence-electron chi connectivity index (χ0n) is 20.4. The summed E-state index contributed by atoms with van der Waals surface area (Å²) in [7, 11) is 0. The molecule has 194 valence electrons. The summed E-state index contributed by atoms with van der Waals surface area (Å²) in [5, 5.41) is 0.904. The first-order valence-electron chi connectivity index (χ1n) is 13.2. The lowest BCUT2D eigenvalue weighted by molar-refractivity contribution is -0.152. The second-order valence-corrected chi connectivity index (χ2v) is 13.3. The van der Waals surface area contributed by atoms with E-state index in [-0.39, 0.29) is 57.3 Å². The first-order chi connectivity index (χ1) is 17.8. The number of carbonyl (C=O) groups is 3. The average molecular weight is 542 g/mol. The molecule has 4 heterocycles. The maximum atomic E-state index is 13.9. The molecule has 3 aliphatic heterocycles. The monoisotopic (exact) mass is 541 g/mol. The Balaban J connectivity index is 1.24. The minimum Gasteiger partial charge on any atom is -0.341 e. The van der Waals surface area contributed by atoms with E-state index >= 15 is 0 Å². The number of amides is 3. The van der Waals surface area contributed by atoms with Gasteiger partial charge in [0.1, 0.15) is 11.9 Å². The maximum absolute atomic E-state index is 13.9. The number of aromatic amines is 1. The predicted octanol–water partition coefficient (Wildman–Crippen LogP) is 3.45. The number of imide groups is 1. The van der Waals surface area contributed by atoms with Crippen molar-refractivity contribution < 1.29 is 18.8 Å². The first-order valence-corrected chi connectivity index (χ1v) is 14.9. The summed E-state index contributed by atoms with van der Waals surface area (Å²) in [6.45, 7) is 3.05. The number of thiazole rings is 1. The van der Waals surface area contributed by atoms with E-state index in [0.29, 0.717) is 13.1 Å². The van der Waals surface area contributed by atoms with E-state index in [1.807, 2.05) is 0 Å². The summed E-state index contributed by atoms with van der Waals surface area (Å²) in [6.07, 6.45) is 3.79. The van der Waals surface area contributed by atoms with Crippen molar-refractivity contribution in [3.05, 3.63) is 50.2 Å². The quantitative estimate of drug-likeness (QED) is 0.602. The van der Waals surface area contributed by atoms with Crippen molar-refractivity contribution in [1.82, 2.24) is 14.8 Å². The second-order valence-electron chi connectivity index (χ2n) is 11.1. The number of nitrogens with zero attached hydrogens (tertiary/aromatic N) is 2. The molecule has 1 N–H and O–H groups in total. The smallest absolute Gasteiger partial charge is 0.305 e. The van der Waals surface area contributed by atoms with Gasteiger partial charge in [0.05, 0.1) is 16.9 Å². The van der Waals surface area contributed by atoms with E-state index in [9.17, 15) is 23.6 Å². The number of fused-ring (bicyclic) bond motifs is 9. The molecule has 7 nitrogen and oxygen atoms in total. The zero-order valence-corrected chi connectivity index (χ0v) is 22.0. The standard InChI is InChI=1S/C27H28FN3O4S2/c1-12(24(32)30-9-3-2-4-10-30)31-25(33)19-15-11-16(20(19)26(31)34)21-18(15)17(13-5-7-14(28)8-6-13)22-23(36-21)29-27(35)37-22/h5-8,12,15-21H,2-4,9-11H2,1H3,(H,29,35). The molecule has 2 saturated carbocycles. The Morgan fingerprint density at radius 1 is 1.03 bits per heavy atom. The van der Waals surface area contributed by atoms with Gasteiger partial charge >= 0.3 is 4.87 Å². The van der Waals surface area contributed by atoms with Crippen molar-refractivity contribution in [1.29, 1.82) is 0 Å². The zero-order chi connectivity index (χ0) is 25.6. The molecule has 7 rings (SSSR count). The van der Waals surface area contributed by atoms with E-state index in [1.54, 1.807) is 35.7 Å². The van der Waals surface area contributed by atoms with Crippen molar-refractivity contribution in [2.45, 2.75) is 54.8 Å². The Morgan fingerprint density at radius 3 is 2.41 bits per heavy atom. The number of benzene rings is 1. The SMILES string of the molecule is CC(C(=O)N1CCCCC1)N1C(=O)C2C3CC(C2C1=O)C1C(c2ccc(F)cc2)c2sc(=O)[nH]c2SC31. The molecule has 1 aromatic carbocycles. The summed E-state index contributed by atoms with van der Waals surface area (Å²) in [4.78, 5) is 60.1. The van der Waals surface area contributed by atoms with Gasteiger partial charge in [0.15, 0.2) is 0 Å². The number of nitrogens with one attached hydrogen (secondary N) is 1. The van der Waals surface area contributed by atoms with Gasteiger partial charge in [0.25, 0.3) is 0 Å². The number of aromatic nitrogens is 1. The Morgan fingerprint density at radius 2 is 1.70 bits per heavy atom. The van der Waals surface area contributed by atoms with Crippen LogP contribution in [0.3, 0.4) is 0 Å². The Kier molecular flexibility index (Phi) is 5.45. The first kappa shape index (κ1) is 23.6. The van der Waals surface area contributed by atoms with Crippen molar-refractivity contribution in [2.75, 3.05) is 13.1 Å². The fraction of sp³-hybridized carbons (Fsp3) is 0.556. The van der Waals surface area contributed by atoms with Crippen molar-refractivity contribution in [3.8, 4) is 0 Å². The average Bonchev–Trinajstić information content (AvgIpc) is 3.63. The van der Waals surface area contributed by atoms with Crippen LogP contribution in [-0.2, 0) is 14.4 Å². The molecule has 2 aromatic rings. The van der Waals surface area contributed by atoms with Crippen LogP contribution in [0.5, 0.6) is 0 Å². The number of rotatable bonds is 3. The number of hydrogen-bond acceptors (Lipinski definition) is 6. The third-order valence-electron chi connectivity index (χ3n) is 9.40. The van der Waals surface area contributed by atoms with Crippen LogP contribution in [0.2, 0.25) is 0 Å². The summed E-state index contributed by atoms with van der Waals surface area (Å²) < 4.78 is 13.8. The predicted molar refractivity (Wildman–Crippen MR) is 137 cm³/mol. The van der Waals surface area contributed by atoms with Crippen molar-refractivity contribution >= 4 is 40.8 Å². The van der Waals surface area contributed by atoms with Gasteiger partial charge in [-0.3, -0.25) is 24.1 Å². The topological polar surface area (TPSA) is 90.6 Å². The normalized spacial score (nSPS) is 34.9. The lowest BCUT2D eigenvalue weighted by atomic mass is 9.68. The van der Waals surface area contributed by atoms with Crippen LogP contribution in [0.4, 0.5) is 4.39 Å². The van der Waals surface area contributed by atoms with E-state index in [2.05, 4.69) is 4.98 Å². The number of likely N-dealkylation sites (tertiary alicyclic amines) is 2. The van der Waals surface area contributed by atoms with Crippen LogP contribution < -0.4 is 4.87 Å². The number of hydrogen-bond donors (Lipinski definition) is 1. The molecule has 2 bridgehead atoms. The molecule has 0 spiro atoms. The summed E-state index contributed by atoms with van der Waals surface area (Å²) in [5.74, 6) is -1.81. The molecule has 8 atom stereocenters. The summed E-state index contributed by atoms with van der Waals surface area (Å²) >= 11 is 2.81. The molecule has 2 aliphatic carbocycles. The van der Waals surface area contributed by atoms with Gasteiger partial charge in [-0.2, -0.15) is 0 Å². The lowest BCUT2D eigenvalue weighted by Crippen LogP contribution is -2.51. The van der Waals surface area contributed by atoms with Crippen LogP contribution in [0.1, 0.15) is 49.0 Å². The molecule has 1 aromatic heterocycles. The van der Waals surface area contributed by atoms with Crippen LogP contribution in [0.15, 0.2) is 34.1 Å². The number of carbonyl (C=O) groups excluding carboxylic acids is 3. The highest BCUT2D eigenvalue weighted by Crippen LogP contribution is 2.68. The number of piperidine rings is 1. The molecular formula is C27H28FN3O4S2. The Hall–Kier alpha value is -2.46. The minimum absolute atomic E-state index is 0.00300. The molecule has 8 unspecified atom stereocenters. The van der Waals surface area contributed by atoms with E-state index in [4.69, 9.17) is 0 Å². The van der Waals surface area contributed by atoms with E-state index in [1.165, 1.54) is 28.4 Å².